The maximum atomic E-state index is 9.40. The van der Waals surface area contributed by atoms with E-state index in [0.717, 1.165) is 25.1 Å². The number of alkyl halides is 6. The van der Waals surface area contributed by atoms with Gasteiger partial charge >= 0.3 is 0 Å². The molecule has 1 aliphatic heterocycles. The average molecular weight is 426 g/mol. The van der Waals surface area contributed by atoms with Crippen LogP contribution in [0.2, 0.25) is 0 Å². The Labute approximate surface area is 160 Å². The van der Waals surface area contributed by atoms with Crippen LogP contribution in [0, 0.1) is 0 Å². The maximum absolute atomic E-state index is 9.40. The second kappa shape index (κ2) is 7.01. The van der Waals surface area contributed by atoms with Crippen molar-refractivity contribution in [1.29, 1.82) is 0 Å². The molecule has 0 radical (unpaired) electrons. The lowest BCUT2D eigenvalue weighted by Gasteiger charge is -2.31. The fraction of sp³-hybridized carbons (Fsp3) is 0.571. The summed E-state index contributed by atoms with van der Waals surface area (Å²) >= 11 is 36.1. The van der Waals surface area contributed by atoms with Crippen LogP contribution in [0.4, 0.5) is 0 Å². The van der Waals surface area contributed by atoms with Gasteiger partial charge in [0.15, 0.2) is 0 Å². The molecule has 2 nitrogen and oxygen atoms in total. The van der Waals surface area contributed by atoms with Crippen molar-refractivity contribution in [3.05, 3.63) is 34.9 Å². The third kappa shape index (κ3) is 4.10. The Morgan fingerprint density at radius 1 is 1.05 bits per heavy atom. The summed E-state index contributed by atoms with van der Waals surface area (Å²) in [6.07, 6.45) is 1.51. The van der Waals surface area contributed by atoms with Crippen molar-refractivity contribution in [3.63, 3.8) is 0 Å². The molecule has 124 valence electrons. The summed E-state index contributed by atoms with van der Waals surface area (Å²) < 4.78 is -3.39. The first-order valence-corrected chi connectivity index (χ1v) is 8.97. The van der Waals surface area contributed by atoms with Crippen molar-refractivity contribution in [1.82, 2.24) is 5.32 Å². The smallest absolute Gasteiger partial charge is 0.216 e. The molecule has 1 fully saturated rings. The molecule has 0 amide bonds. The Hall–Kier alpha value is 0.880. The Balaban J connectivity index is 2.56. The number of nitrogens with one attached hydrogen (secondary N) is 1. The third-order valence-electron chi connectivity index (χ3n) is 4.08. The van der Waals surface area contributed by atoms with Gasteiger partial charge in [0.2, 0.25) is 7.59 Å². The van der Waals surface area contributed by atoms with Gasteiger partial charge in [-0.15, -0.1) is 0 Å². The normalized spacial score (nSPS) is 23.0. The molecule has 0 saturated carbocycles. The van der Waals surface area contributed by atoms with Gasteiger partial charge in [0.05, 0.1) is 0 Å². The standard InChI is InChI=1S/C14H15Cl6NO/c15-13(16,17)10-2-1-9(7-11(10)14(18,19)20)12(4-6-22)3-5-21-8-12/h1-2,7,21-22H,3-6,8H2. The number of benzene rings is 1. The number of hydrogen-bond acceptors (Lipinski definition) is 2. The first-order valence-electron chi connectivity index (χ1n) is 6.71. The van der Waals surface area contributed by atoms with Crippen LogP contribution in [0.3, 0.4) is 0 Å². The minimum absolute atomic E-state index is 0.0803. The van der Waals surface area contributed by atoms with E-state index in [1.165, 1.54) is 0 Å². The zero-order chi connectivity index (χ0) is 16.6. The van der Waals surface area contributed by atoms with Crippen LogP contribution < -0.4 is 5.32 Å². The van der Waals surface area contributed by atoms with Gasteiger partial charge in [-0.1, -0.05) is 87.8 Å². The van der Waals surface area contributed by atoms with Crippen LogP contribution in [-0.2, 0) is 13.0 Å². The largest absolute Gasteiger partial charge is 0.396 e. The highest BCUT2D eigenvalue weighted by Gasteiger charge is 2.39. The van der Waals surface area contributed by atoms with Gasteiger partial charge in [0.1, 0.15) is 0 Å². The predicted molar refractivity (Wildman–Crippen MR) is 95.8 cm³/mol. The summed E-state index contributed by atoms with van der Waals surface area (Å²) in [5, 5.41) is 12.7. The highest BCUT2D eigenvalue weighted by molar-refractivity contribution is 6.69. The molecule has 22 heavy (non-hydrogen) atoms. The zero-order valence-electron chi connectivity index (χ0n) is 11.5. The Morgan fingerprint density at radius 2 is 1.68 bits per heavy atom. The summed E-state index contributed by atoms with van der Waals surface area (Å²) in [6.45, 7) is 1.70. The lowest BCUT2D eigenvalue weighted by molar-refractivity contribution is 0.244. The number of hydrogen-bond donors (Lipinski definition) is 2. The predicted octanol–water partition coefficient (Wildman–Crippen LogP) is 4.95. The van der Waals surface area contributed by atoms with E-state index in [2.05, 4.69) is 5.32 Å². The van der Waals surface area contributed by atoms with Gasteiger partial charge in [0, 0.05) is 29.7 Å². The first kappa shape index (κ1) is 19.2. The molecule has 2 N–H and O–H groups in total. The van der Waals surface area contributed by atoms with Crippen LogP contribution >= 0.6 is 69.6 Å². The van der Waals surface area contributed by atoms with Gasteiger partial charge in [-0.05, 0) is 24.9 Å². The Bertz CT molecular complexity index is 531. The second-order valence-corrected chi connectivity index (χ2v) is 10.00. The Kier molecular flexibility index (Phi) is 6.12. The molecule has 0 bridgehead atoms. The van der Waals surface area contributed by atoms with Crippen molar-refractivity contribution < 1.29 is 5.11 Å². The van der Waals surface area contributed by atoms with E-state index in [9.17, 15) is 5.11 Å². The zero-order valence-corrected chi connectivity index (χ0v) is 16.0. The van der Waals surface area contributed by atoms with Crippen LogP contribution in [0.15, 0.2) is 18.2 Å². The van der Waals surface area contributed by atoms with E-state index in [4.69, 9.17) is 69.6 Å². The van der Waals surface area contributed by atoms with E-state index >= 15 is 0 Å². The minimum Gasteiger partial charge on any atom is -0.396 e. The molecule has 0 spiro atoms. The number of aliphatic hydroxyl groups is 1. The quantitative estimate of drug-likeness (QED) is 0.671. The van der Waals surface area contributed by atoms with E-state index in [1.807, 2.05) is 6.07 Å². The molecule has 1 aromatic rings. The van der Waals surface area contributed by atoms with E-state index in [0.29, 0.717) is 17.5 Å². The molecule has 1 aliphatic rings. The molecule has 0 aromatic heterocycles. The molecule has 1 saturated heterocycles. The molecule has 0 aliphatic carbocycles. The number of halogens is 6. The maximum Gasteiger partial charge on any atom is 0.216 e. The van der Waals surface area contributed by atoms with E-state index < -0.39 is 7.59 Å². The monoisotopic (exact) mass is 423 g/mol. The van der Waals surface area contributed by atoms with Crippen molar-refractivity contribution in [3.8, 4) is 0 Å². The summed E-state index contributed by atoms with van der Waals surface area (Å²) in [5.74, 6) is 0. The molecular weight excluding hydrogens is 411 g/mol. The van der Waals surface area contributed by atoms with Crippen molar-refractivity contribution in [2.24, 2.45) is 0 Å². The third-order valence-corrected chi connectivity index (χ3v) is 5.30. The number of aliphatic hydroxyl groups excluding tert-OH is 1. The second-order valence-electron chi connectivity index (χ2n) is 5.44. The van der Waals surface area contributed by atoms with Crippen LogP contribution in [-0.4, -0.2) is 24.8 Å². The average Bonchev–Trinajstić information content (AvgIpc) is 2.86. The molecule has 1 heterocycles. The summed E-state index contributed by atoms with van der Waals surface area (Å²) in [6, 6.07) is 5.32. The SMILES string of the molecule is OCCC1(c2ccc(C(Cl)(Cl)Cl)c(C(Cl)(Cl)Cl)c2)CCNC1. The highest BCUT2D eigenvalue weighted by atomic mass is 35.6. The van der Waals surface area contributed by atoms with Gasteiger partial charge in [-0.3, -0.25) is 0 Å². The van der Waals surface area contributed by atoms with Gasteiger partial charge in [0.25, 0.3) is 0 Å². The van der Waals surface area contributed by atoms with Gasteiger partial charge in [-0.2, -0.15) is 0 Å². The Morgan fingerprint density at radius 3 is 2.14 bits per heavy atom. The highest BCUT2D eigenvalue weighted by Crippen LogP contribution is 2.49. The molecule has 1 atom stereocenters. The fourth-order valence-corrected chi connectivity index (χ4v) is 3.88. The molecule has 1 unspecified atom stereocenters. The molecule has 1 aromatic carbocycles. The van der Waals surface area contributed by atoms with Gasteiger partial charge in [-0.25, -0.2) is 0 Å². The molecular formula is C14H15Cl6NO. The molecule has 8 heteroatoms. The number of rotatable bonds is 3. The first-order chi connectivity index (χ1) is 10.1. The minimum atomic E-state index is -1.71. The summed E-state index contributed by atoms with van der Waals surface area (Å²) in [5.41, 5.74) is 1.45. The van der Waals surface area contributed by atoms with Crippen molar-refractivity contribution >= 4 is 69.6 Å². The van der Waals surface area contributed by atoms with Crippen LogP contribution in [0.1, 0.15) is 29.5 Å². The van der Waals surface area contributed by atoms with Crippen molar-refractivity contribution in [2.45, 2.75) is 25.8 Å². The topological polar surface area (TPSA) is 32.3 Å². The summed E-state index contributed by atoms with van der Waals surface area (Å²) in [4.78, 5) is 0. The van der Waals surface area contributed by atoms with E-state index in [-0.39, 0.29) is 12.0 Å². The lowest BCUT2D eigenvalue weighted by atomic mass is 9.76. The summed E-state index contributed by atoms with van der Waals surface area (Å²) in [7, 11) is 0. The lowest BCUT2D eigenvalue weighted by Crippen LogP contribution is -2.31. The molecule has 2 rings (SSSR count). The van der Waals surface area contributed by atoms with Crippen LogP contribution in [0.25, 0.3) is 0 Å². The van der Waals surface area contributed by atoms with Crippen LogP contribution in [0.5, 0.6) is 0 Å². The fourth-order valence-electron chi connectivity index (χ4n) is 2.92. The van der Waals surface area contributed by atoms with Gasteiger partial charge < -0.3 is 10.4 Å². The van der Waals surface area contributed by atoms with Crippen molar-refractivity contribution in [2.75, 3.05) is 19.7 Å². The van der Waals surface area contributed by atoms with E-state index in [1.54, 1.807) is 12.1 Å².